The standard InChI is InChI=1S/C17H28N2O3S/c1-14(15-5-7-16(8-6-15)23(4,20)21)18-13-17(19(2)3)9-11-22-12-10-17/h5-8,14,18H,9-13H2,1-4H3/t14-/m1/s1. The van der Waals surface area contributed by atoms with Crippen LogP contribution in [0.25, 0.3) is 0 Å². The molecule has 0 radical (unpaired) electrons. The van der Waals surface area contributed by atoms with E-state index >= 15 is 0 Å². The van der Waals surface area contributed by atoms with Crippen LogP contribution in [0.3, 0.4) is 0 Å². The molecule has 130 valence electrons. The van der Waals surface area contributed by atoms with Crippen LogP contribution in [0.4, 0.5) is 0 Å². The summed E-state index contributed by atoms with van der Waals surface area (Å²) in [5.41, 5.74) is 1.22. The third-order valence-corrected chi connectivity index (χ3v) is 6.05. The summed E-state index contributed by atoms with van der Waals surface area (Å²) in [4.78, 5) is 2.66. The van der Waals surface area contributed by atoms with E-state index in [0.29, 0.717) is 4.90 Å². The Morgan fingerprint density at radius 2 is 1.78 bits per heavy atom. The van der Waals surface area contributed by atoms with Crippen molar-refractivity contribution < 1.29 is 13.2 Å². The van der Waals surface area contributed by atoms with Crippen LogP contribution in [0.5, 0.6) is 0 Å². The molecule has 0 bridgehead atoms. The minimum Gasteiger partial charge on any atom is -0.381 e. The highest BCUT2D eigenvalue weighted by atomic mass is 32.2. The Kier molecular flexibility index (Phi) is 5.84. The lowest BCUT2D eigenvalue weighted by Crippen LogP contribution is -2.55. The van der Waals surface area contributed by atoms with Crippen LogP contribution in [0.15, 0.2) is 29.2 Å². The minimum absolute atomic E-state index is 0.124. The topological polar surface area (TPSA) is 58.6 Å². The molecule has 1 heterocycles. The Labute approximate surface area is 139 Å². The number of benzene rings is 1. The molecule has 0 unspecified atom stereocenters. The first-order valence-electron chi connectivity index (χ1n) is 8.03. The summed E-state index contributed by atoms with van der Waals surface area (Å²) in [6, 6.07) is 7.31. The van der Waals surface area contributed by atoms with Crippen LogP contribution in [0.2, 0.25) is 0 Å². The zero-order valence-electron chi connectivity index (χ0n) is 14.5. The average molecular weight is 340 g/mol. The van der Waals surface area contributed by atoms with Gasteiger partial charge in [-0.3, -0.25) is 0 Å². The third kappa shape index (κ3) is 4.53. The molecule has 1 atom stereocenters. The highest BCUT2D eigenvalue weighted by molar-refractivity contribution is 7.90. The zero-order chi connectivity index (χ0) is 17.1. The minimum atomic E-state index is -3.14. The fourth-order valence-electron chi connectivity index (χ4n) is 3.00. The maximum absolute atomic E-state index is 11.5. The molecule has 1 fully saturated rings. The summed E-state index contributed by atoms with van der Waals surface area (Å²) < 4.78 is 28.6. The Bertz CT molecular complexity index is 605. The molecular formula is C17H28N2O3S. The molecule has 0 spiro atoms. The van der Waals surface area contributed by atoms with Crippen molar-refractivity contribution in [1.82, 2.24) is 10.2 Å². The largest absolute Gasteiger partial charge is 0.381 e. The monoisotopic (exact) mass is 340 g/mol. The van der Waals surface area contributed by atoms with E-state index in [1.54, 1.807) is 12.1 Å². The number of rotatable bonds is 6. The van der Waals surface area contributed by atoms with E-state index in [9.17, 15) is 8.42 Å². The molecule has 0 aliphatic carbocycles. The smallest absolute Gasteiger partial charge is 0.175 e. The summed E-state index contributed by atoms with van der Waals surface area (Å²) in [6.07, 6.45) is 3.27. The van der Waals surface area contributed by atoms with Gasteiger partial charge >= 0.3 is 0 Å². The van der Waals surface area contributed by atoms with Gasteiger partial charge < -0.3 is 15.0 Å². The molecule has 0 amide bonds. The number of likely N-dealkylation sites (N-methyl/N-ethyl adjacent to an activating group) is 1. The molecule has 2 rings (SSSR count). The molecule has 1 aromatic rings. The third-order valence-electron chi connectivity index (χ3n) is 4.92. The van der Waals surface area contributed by atoms with Gasteiger partial charge in [0.15, 0.2) is 9.84 Å². The maximum Gasteiger partial charge on any atom is 0.175 e. The summed E-state index contributed by atoms with van der Waals surface area (Å²) >= 11 is 0. The van der Waals surface area contributed by atoms with E-state index in [4.69, 9.17) is 4.74 Å². The lowest BCUT2D eigenvalue weighted by molar-refractivity contribution is -0.00807. The Morgan fingerprint density at radius 3 is 2.26 bits per heavy atom. The Balaban J connectivity index is 2.02. The predicted octanol–water partition coefficient (Wildman–Crippen LogP) is 1.85. The summed E-state index contributed by atoms with van der Waals surface area (Å²) in [5, 5.41) is 3.60. The van der Waals surface area contributed by atoms with Gasteiger partial charge in [0.25, 0.3) is 0 Å². The van der Waals surface area contributed by atoms with Crippen LogP contribution in [-0.2, 0) is 14.6 Å². The fraction of sp³-hybridized carbons (Fsp3) is 0.647. The van der Waals surface area contributed by atoms with Crippen molar-refractivity contribution in [3.05, 3.63) is 29.8 Å². The number of hydrogen-bond acceptors (Lipinski definition) is 5. The molecular weight excluding hydrogens is 312 g/mol. The van der Waals surface area contributed by atoms with Crippen LogP contribution in [0, 0.1) is 0 Å². The van der Waals surface area contributed by atoms with Gasteiger partial charge in [-0.1, -0.05) is 12.1 Å². The molecule has 1 saturated heterocycles. The van der Waals surface area contributed by atoms with Gasteiger partial charge in [0.2, 0.25) is 0 Å². The van der Waals surface area contributed by atoms with E-state index in [-0.39, 0.29) is 11.6 Å². The van der Waals surface area contributed by atoms with Crippen LogP contribution in [-0.4, -0.2) is 59.0 Å². The molecule has 1 aromatic carbocycles. The number of hydrogen-bond donors (Lipinski definition) is 1. The summed E-state index contributed by atoms with van der Waals surface area (Å²) in [5.74, 6) is 0. The molecule has 0 aromatic heterocycles. The quantitative estimate of drug-likeness (QED) is 0.856. The van der Waals surface area contributed by atoms with Gasteiger partial charge in [0, 0.05) is 37.6 Å². The first kappa shape index (κ1) is 18.4. The van der Waals surface area contributed by atoms with Gasteiger partial charge in [-0.05, 0) is 51.6 Å². The number of nitrogens with one attached hydrogen (secondary N) is 1. The number of nitrogens with zero attached hydrogens (tertiary/aromatic N) is 1. The molecule has 6 heteroatoms. The second-order valence-electron chi connectivity index (χ2n) is 6.67. The molecule has 1 N–H and O–H groups in total. The van der Waals surface area contributed by atoms with Crippen LogP contribution >= 0.6 is 0 Å². The Hall–Kier alpha value is -0.950. The molecule has 0 saturated carbocycles. The first-order valence-corrected chi connectivity index (χ1v) is 9.92. The second kappa shape index (κ2) is 7.30. The summed E-state index contributed by atoms with van der Waals surface area (Å²) in [6.45, 7) is 4.60. The van der Waals surface area contributed by atoms with Crippen LogP contribution < -0.4 is 5.32 Å². The van der Waals surface area contributed by atoms with E-state index in [1.165, 1.54) is 6.26 Å². The van der Waals surface area contributed by atoms with Crippen molar-refractivity contribution in [2.24, 2.45) is 0 Å². The van der Waals surface area contributed by atoms with Gasteiger partial charge in [-0.2, -0.15) is 0 Å². The first-order chi connectivity index (χ1) is 10.7. The van der Waals surface area contributed by atoms with Gasteiger partial charge in [0.05, 0.1) is 4.90 Å². The molecule has 5 nitrogen and oxygen atoms in total. The van der Waals surface area contributed by atoms with Crippen molar-refractivity contribution in [3.8, 4) is 0 Å². The van der Waals surface area contributed by atoms with Crippen molar-refractivity contribution in [1.29, 1.82) is 0 Å². The lowest BCUT2D eigenvalue weighted by atomic mass is 9.88. The van der Waals surface area contributed by atoms with Gasteiger partial charge in [-0.25, -0.2) is 8.42 Å². The normalized spacial score (nSPS) is 19.7. The number of sulfone groups is 1. The Morgan fingerprint density at radius 1 is 1.22 bits per heavy atom. The highest BCUT2D eigenvalue weighted by Gasteiger charge is 2.34. The molecule has 1 aliphatic heterocycles. The van der Waals surface area contributed by atoms with E-state index < -0.39 is 9.84 Å². The average Bonchev–Trinajstić information content (AvgIpc) is 2.52. The molecule has 23 heavy (non-hydrogen) atoms. The van der Waals surface area contributed by atoms with E-state index in [1.807, 2.05) is 12.1 Å². The fourth-order valence-corrected chi connectivity index (χ4v) is 3.63. The van der Waals surface area contributed by atoms with E-state index in [2.05, 4.69) is 31.2 Å². The highest BCUT2D eigenvalue weighted by Crippen LogP contribution is 2.26. The lowest BCUT2D eigenvalue weighted by Gasteiger charge is -2.43. The van der Waals surface area contributed by atoms with Crippen molar-refractivity contribution >= 4 is 9.84 Å². The molecule has 1 aliphatic rings. The van der Waals surface area contributed by atoms with E-state index in [0.717, 1.165) is 38.2 Å². The second-order valence-corrected chi connectivity index (χ2v) is 8.69. The van der Waals surface area contributed by atoms with Crippen molar-refractivity contribution in [3.63, 3.8) is 0 Å². The van der Waals surface area contributed by atoms with Gasteiger partial charge in [0.1, 0.15) is 0 Å². The van der Waals surface area contributed by atoms with Crippen molar-refractivity contribution in [2.45, 2.75) is 36.2 Å². The van der Waals surface area contributed by atoms with Crippen molar-refractivity contribution in [2.75, 3.05) is 40.1 Å². The predicted molar refractivity (Wildman–Crippen MR) is 92.4 cm³/mol. The number of ether oxygens (including phenoxy) is 1. The maximum atomic E-state index is 11.5. The van der Waals surface area contributed by atoms with Gasteiger partial charge in [-0.15, -0.1) is 0 Å². The SMILES string of the molecule is C[C@@H](NCC1(N(C)C)CCOCC1)c1ccc(S(C)(=O)=O)cc1. The summed E-state index contributed by atoms with van der Waals surface area (Å²) in [7, 11) is 1.11. The van der Waals surface area contributed by atoms with Crippen LogP contribution in [0.1, 0.15) is 31.4 Å². The zero-order valence-corrected chi connectivity index (χ0v) is 15.3.